The molecule has 118 valence electrons. The molecule has 1 saturated heterocycles. The van der Waals surface area contributed by atoms with Crippen molar-refractivity contribution in [2.75, 3.05) is 13.2 Å². The predicted molar refractivity (Wildman–Crippen MR) is 81.6 cm³/mol. The molecular formula is C17H32O3. The van der Waals surface area contributed by atoms with Crippen molar-refractivity contribution in [3.05, 3.63) is 0 Å². The van der Waals surface area contributed by atoms with Gasteiger partial charge >= 0.3 is 5.97 Å². The lowest BCUT2D eigenvalue weighted by atomic mass is 9.75. The standard InChI is InChI=1S/C17H32O3/c1-6-19-16(18)11-14(8-7-13(2)3)15-9-10-20-17(4,5)12-15/h13-15H,6-12H2,1-5H3. The molecule has 0 aromatic carbocycles. The smallest absolute Gasteiger partial charge is 0.306 e. The van der Waals surface area contributed by atoms with Crippen LogP contribution in [0.2, 0.25) is 0 Å². The van der Waals surface area contributed by atoms with E-state index in [2.05, 4.69) is 27.7 Å². The van der Waals surface area contributed by atoms with Crippen LogP contribution in [0.15, 0.2) is 0 Å². The molecule has 0 aromatic rings. The minimum atomic E-state index is -0.0480. The van der Waals surface area contributed by atoms with Gasteiger partial charge in [0, 0.05) is 13.0 Å². The molecule has 0 bridgehead atoms. The maximum atomic E-state index is 11.8. The van der Waals surface area contributed by atoms with Gasteiger partial charge in [-0.1, -0.05) is 20.3 Å². The average Bonchev–Trinajstić information content (AvgIpc) is 2.33. The second kappa shape index (κ2) is 8.02. The van der Waals surface area contributed by atoms with Gasteiger partial charge in [-0.3, -0.25) is 4.79 Å². The van der Waals surface area contributed by atoms with E-state index in [1.807, 2.05) is 6.92 Å². The number of carbonyl (C=O) groups is 1. The minimum absolute atomic E-state index is 0.0365. The van der Waals surface area contributed by atoms with Crippen molar-refractivity contribution in [2.45, 2.75) is 72.3 Å². The Labute approximate surface area is 124 Å². The summed E-state index contributed by atoms with van der Waals surface area (Å²) in [5.74, 6) is 1.68. The first-order valence-corrected chi connectivity index (χ1v) is 8.13. The SMILES string of the molecule is CCOC(=O)CC(CCC(C)C)C1CCOC(C)(C)C1. The van der Waals surface area contributed by atoms with E-state index >= 15 is 0 Å². The Balaban J connectivity index is 2.62. The van der Waals surface area contributed by atoms with Gasteiger partial charge in [0.05, 0.1) is 12.2 Å². The predicted octanol–water partition coefficient (Wildman–Crippen LogP) is 4.20. The molecule has 20 heavy (non-hydrogen) atoms. The van der Waals surface area contributed by atoms with Crippen molar-refractivity contribution in [2.24, 2.45) is 17.8 Å². The Bertz CT molecular complexity index is 297. The van der Waals surface area contributed by atoms with Gasteiger partial charge < -0.3 is 9.47 Å². The molecule has 0 radical (unpaired) electrons. The molecule has 1 rings (SSSR count). The van der Waals surface area contributed by atoms with E-state index in [-0.39, 0.29) is 11.6 Å². The van der Waals surface area contributed by atoms with Crippen LogP contribution in [0.1, 0.15) is 66.7 Å². The van der Waals surface area contributed by atoms with E-state index < -0.39 is 0 Å². The Morgan fingerprint density at radius 3 is 2.60 bits per heavy atom. The van der Waals surface area contributed by atoms with Gasteiger partial charge in [-0.15, -0.1) is 0 Å². The number of carbonyl (C=O) groups excluding carboxylic acids is 1. The fourth-order valence-electron chi connectivity index (χ4n) is 3.17. The van der Waals surface area contributed by atoms with Crippen molar-refractivity contribution < 1.29 is 14.3 Å². The van der Waals surface area contributed by atoms with E-state index in [9.17, 15) is 4.79 Å². The van der Waals surface area contributed by atoms with Crippen LogP contribution in [0.4, 0.5) is 0 Å². The minimum Gasteiger partial charge on any atom is -0.466 e. The molecule has 0 spiro atoms. The molecule has 1 fully saturated rings. The maximum Gasteiger partial charge on any atom is 0.306 e. The first-order chi connectivity index (χ1) is 9.34. The first kappa shape index (κ1) is 17.5. The highest BCUT2D eigenvalue weighted by molar-refractivity contribution is 5.69. The van der Waals surface area contributed by atoms with Crippen LogP contribution in [-0.4, -0.2) is 24.8 Å². The average molecular weight is 284 g/mol. The van der Waals surface area contributed by atoms with E-state index in [0.29, 0.717) is 30.8 Å². The van der Waals surface area contributed by atoms with Gasteiger partial charge in [0.15, 0.2) is 0 Å². The highest BCUT2D eigenvalue weighted by Crippen LogP contribution is 2.37. The van der Waals surface area contributed by atoms with E-state index in [1.54, 1.807) is 0 Å². The molecule has 0 aliphatic carbocycles. The quantitative estimate of drug-likeness (QED) is 0.657. The summed E-state index contributed by atoms with van der Waals surface area (Å²) in [6.45, 7) is 12.0. The van der Waals surface area contributed by atoms with Crippen LogP contribution in [0.25, 0.3) is 0 Å². The van der Waals surface area contributed by atoms with E-state index in [0.717, 1.165) is 25.9 Å². The normalized spacial score (nSPS) is 23.6. The molecule has 2 atom stereocenters. The van der Waals surface area contributed by atoms with Crippen molar-refractivity contribution in [1.29, 1.82) is 0 Å². The summed E-state index contributed by atoms with van der Waals surface area (Å²) >= 11 is 0. The first-order valence-electron chi connectivity index (χ1n) is 8.13. The van der Waals surface area contributed by atoms with Gasteiger partial charge in [-0.25, -0.2) is 0 Å². The van der Waals surface area contributed by atoms with Crippen molar-refractivity contribution in [1.82, 2.24) is 0 Å². The topological polar surface area (TPSA) is 35.5 Å². The summed E-state index contributed by atoms with van der Waals surface area (Å²) in [6.07, 6.45) is 5.00. The lowest BCUT2D eigenvalue weighted by Gasteiger charge is -2.39. The van der Waals surface area contributed by atoms with E-state index in [4.69, 9.17) is 9.47 Å². The zero-order valence-corrected chi connectivity index (χ0v) is 13.9. The van der Waals surface area contributed by atoms with E-state index in [1.165, 1.54) is 6.42 Å². The molecule has 1 aliphatic rings. The summed E-state index contributed by atoms with van der Waals surface area (Å²) in [5, 5.41) is 0. The number of ether oxygens (including phenoxy) is 2. The highest BCUT2D eigenvalue weighted by atomic mass is 16.5. The zero-order valence-electron chi connectivity index (χ0n) is 13.9. The third-order valence-corrected chi connectivity index (χ3v) is 4.25. The summed E-state index contributed by atoms with van der Waals surface area (Å²) in [5.41, 5.74) is -0.0480. The molecule has 1 aliphatic heterocycles. The Morgan fingerprint density at radius 2 is 2.05 bits per heavy atom. The second-order valence-corrected chi connectivity index (χ2v) is 7.10. The Kier molecular flexibility index (Phi) is 7.01. The van der Waals surface area contributed by atoms with Gasteiger partial charge in [0.2, 0.25) is 0 Å². The van der Waals surface area contributed by atoms with Crippen LogP contribution in [0.5, 0.6) is 0 Å². The fraction of sp³-hybridized carbons (Fsp3) is 0.941. The van der Waals surface area contributed by atoms with Gasteiger partial charge in [-0.05, 0) is 57.8 Å². The molecule has 0 N–H and O–H groups in total. The number of hydrogen-bond donors (Lipinski definition) is 0. The third kappa shape index (κ3) is 6.25. The largest absolute Gasteiger partial charge is 0.466 e. The van der Waals surface area contributed by atoms with Crippen molar-refractivity contribution >= 4 is 5.97 Å². The lowest BCUT2D eigenvalue weighted by molar-refractivity contribution is -0.146. The Hall–Kier alpha value is -0.570. The second-order valence-electron chi connectivity index (χ2n) is 7.10. The zero-order chi connectivity index (χ0) is 15.2. The summed E-state index contributed by atoms with van der Waals surface area (Å²) in [6, 6.07) is 0. The summed E-state index contributed by atoms with van der Waals surface area (Å²) < 4.78 is 11.0. The lowest BCUT2D eigenvalue weighted by Crippen LogP contribution is -2.37. The molecular weight excluding hydrogens is 252 g/mol. The number of rotatable bonds is 7. The number of esters is 1. The third-order valence-electron chi connectivity index (χ3n) is 4.25. The monoisotopic (exact) mass is 284 g/mol. The molecule has 1 heterocycles. The van der Waals surface area contributed by atoms with Gasteiger partial charge in [-0.2, -0.15) is 0 Å². The van der Waals surface area contributed by atoms with Crippen LogP contribution in [0, 0.1) is 17.8 Å². The number of hydrogen-bond acceptors (Lipinski definition) is 3. The van der Waals surface area contributed by atoms with Crippen LogP contribution >= 0.6 is 0 Å². The molecule has 3 heteroatoms. The molecule has 2 unspecified atom stereocenters. The van der Waals surface area contributed by atoms with Crippen molar-refractivity contribution in [3.63, 3.8) is 0 Å². The summed E-state index contributed by atoms with van der Waals surface area (Å²) in [4.78, 5) is 11.8. The van der Waals surface area contributed by atoms with Gasteiger partial charge in [0.25, 0.3) is 0 Å². The van der Waals surface area contributed by atoms with Crippen LogP contribution in [-0.2, 0) is 14.3 Å². The maximum absolute atomic E-state index is 11.8. The Morgan fingerprint density at radius 1 is 1.35 bits per heavy atom. The van der Waals surface area contributed by atoms with Crippen molar-refractivity contribution in [3.8, 4) is 0 Å². The van der Waals surface area contributed by atoms with Gasteiger partial charge in [0.1, 0.15) is 0 Å². The van der Waals surface area contributed by atoms with Crippen LogP contribution < -0.4 is 0 Å². The fourth-order valence-corrected chi connectivity index (χ4v) is 3.17. The molecule has 0 amide bonds. The van der Waals surface area contributed by atoms with Crippen LogP contribution in [0.3, 0.4) is 0 Å². The molecule has 3 nitrogen and oxygen atoms in total. The summed E-state index contributed by atoms with van der Waals surface area (Å²) in [7, 11) is 0. The highest BCUT2D eigenvalue weighted by Gasteiger charge is 2.34. The molecule has 0 saturated carbocycles. The molecule has 0 aromatic heterocycles.